The van der Waals surface area contributed by atoms with Crippen molar-refractivity contribution in [2.24, 2.45) is 5.73 Å². The average molecular weight is 242 g/mol. The third-order valence-corrected chi connectivity index (χ3v) is 1.90. The highest BCUT2D eigenvalue weighted by molar-refractivity contribution is 6.32. The van der Waals surface area contributed by atoms with E-state index >= 15 is 0 Å². The van der Waals surface area contributed by atoms with Crippen molar-refractivity contribution in [3.8, 4) is 0 Å². The molecule has 0 aromatic heterocycles. The first-order valence-electron chi connectivity index (χ1n) is 3.59. The average Bonchev–Trinajstić information content (AvgIpc) is 1.99. The number of hydrogen-bond donors (Lipinski definition) is 1. The Morgan fingerprint density at radius 2 is 1.87 bits per heavy atom. The summed E-state index contributed by atoms with van der Waals surface area (Å²) in [5.74, 6) is -2.44. The van der Waals surface area contributed by atoms with Crippen LogP contribution >= 0.6 is 11.6 Å². The monoisotopic (exact) mass is 241 g/mol. The van der Waals surface area contributed by atoms with Gasteiger partial charge in [-0.25, -0.2) is 4.39 Å². The molecule has 0 aliphatic rings. The van der Waals surface area contributed by atoms with Gasteiger partial charge >= 0.3 is 6.18 Å². The van der Waals surface area contributed by atoms with E-state index in [1.54, 1.807) is 0 Å². The molecule has 0 unspecified atom stereocenters. The summed E-state index contributed by atoms with van der Waals surface area (Å²) < 4.78 is 49.9. The lowest BCUT2D eigenvalue weighted by Crippen LogP contribution is -2.19. The number of amides is 1. The van der Waals surface area contributed by atoms with Gasteiger partial charge in [0.05, 0.1) is 16.1 Å². The largest absolute Gasteiger partial charge is 0.418 e. The molecule has 0 bridgehead atoms. The van der Waals surface area contributed by atoms with Crippen LogP contribution in [0.4, 0.5) is 17.6 Å². The Balaban J connectivity index is 3.55. The highest BCUT2D eigenvalue weighted by Crippen LogP contribution is 2.37. The lowest BCUT2D eigenvalue weighted by atomic mass is 10.1. The number of carbonyl (C=O) groups is 1. The molecule has 82 valence electrons. The van der Waals surface area contributed by atoms with Gasteiger partial charge in [-0.05, 0) is 12.1 Å². The lowest BCUT2D eigenvalue weighted by Gasteiger charge is -2.12. The number of nitrogens with two attached hydrogens (primary N) is 1. The summed E-state index contributed by atoms with van der Waals surface area (Å²) in [6, 6.07) is 0.869. The molecule has 1 aromatic carbocycles. The zero-order valence-electron chi connectivity index (χ0n) is 7.03. The van der Waals surface area contributed by atoms with Gasteiger partial charge in [0.15, 0.2) is 0 Å². The molecular formula is C8H4ClF4NO. The molecule has 1 amide bonds. The van der Waals surface area contributed by atoms with E-state index in [4.69, 9.17) is 11.6 Å². The summed E-state index contributed by atoms with van der Waals surface area (Å²) in [7, 11) is 0. The molecule has 0 aliphatic carbocycles. The minimum atomic E-state index is -4.85. The maximum atomic E-state index is 12.7. The fourth-order valence-corrected chi connectivity index (χ4v) is 1.37. The van der Waals surface area contributed by atoms with Crippen LogP contribution in [0.2, 0.25) is 5.02 Å². The molecule has 7 heteroatoms. The van der Waals surface area contributed by atoms with Crippen LogP contribution in [0.5, 0.6) is 0 Å². The number of carbonyl (C=O) groups excluding carboxylic acids is 1. The van der Waals surface area contributed by atoms with E-state index < -0.39 is 34.1 Å². The van der Waals surface area contributed by atoms with Crippen molar-refractivity contribution in [1.29, 1.82) is 0 Å². The summed E-state index contributed by atoms with van der Waals surface area (Å²) >= 11 is 5.20. The van der Waals surface area contributed by atoms with Crippen molar-refractivity contribution in [2.45, 2.75) is 6.18 Å². The van der Waals surface area contributed by atoms with E-state index in [9.17, 15) is 22.4 Å². The van der Waals surface area contributed by atoms with Crippen LogP contribution in [0, 0.1) is 5.82 Å². The molecule has 0 fully saturated rings. The van der Waals surface area contributed by atoms with Gasteiger partial charge in [0, 0.05) is 0 Å². The van der Waals surface area contributed by atoms with E-state index in [0.717, 1.165) is 0 Å². The van der Waals surface area contributed by atoms with Gasteiger partial charge < -0.3 is 5.73 Å². The molecule has 0 radical (unpaired) electrons. The number of rotatable bonds is 1. The smallest absolute Gasteiger partial charge is 0.366 e. The Hall–Kier alpha value is -1.30. The van der Waals surface area contributed by atoms with Crippen molar-refractivity contribution in [3.05, 3.63) is 34.1 Å². The molecule has 0 spiro atoms. The fourth-order valence-electron chi connectivity index (χ4n) is 1.06. The zero-order chi connectivity index (χ0) is 11.8. The minimum Gasteiger partial charge on any atom is -0.366 e. The van der Waals surface area contributed by atoms with E-state index in [0.29, 0.717) is 12.1 Å². The number of alkyl halides is 3. The van der Waals surface area contributed by atoms with Crippen molar-refractivity contribution in [1.82, 2.24) is 0 Å². The lowest BCUT2D eigenvalue weighted by molar-refractivity contribution is -0.137. The normalized spacial score (nSPS) is 11.5. The van der Waals surface area contributed by atoms with Crippen LogP contribution in [-0.4, -0.2) is 5.91 Å². The molecule has 2 N–H and O–H groups in total. The Kier molecular flexibility index (Phi) is 2.90. The van der Waals surface area contributed by atoms with Gasteiger partial charge in [0.25, 0.3) is 0 Å². The number of hydrogen-bond acceptors (Lipinski definition) is 1. The van der Waals surface area contributed by atoms with Gasteiger partial charge in [-0.1, -0.05) is 11.6 Å². The second-order valence-electron chi connectivity index (χ2n) is 2.67. The van der Waals surface area contributed by atoms with E-state index in [2.05, 4.69) is 5.73 Å². The van der Waals surface area contributed by atoms with Gasteiger partial charge in [0.2, 0.25) is 5.91 Å². The number of primary amides is 1. The van der Waals surface area contributed by atoms with E-state index in [-0.39, 0.29) is 0 Å². The quantitative estimate of drug-likeness (QED) is 0.755. The first-order valence-corrected chi connectivity index (χ1v) is 3.97. The van der Waals surface area contributed by atoms with Gasteiger partial charge in [-0.2, -0.15) is 13.2 Å². The Labute approximate surface area is 86.6 Å². The Bertz CT molecular complexity index is 416. The first-order chi connectivity index (χ1) is 6.73. The SMILES string of the molecule is NC(=O)c1cc(F)cc(Cl)c1C(F)(F)F. The summed E-state index contributed by atoms with van der Waals surface area (Å²) in [6.45, 7) is 0. The summed E-state index contributed by atoms with van der Waals surface area (Å²) in [6.07, 6.45) is -4.85. The maximum Gasteiger partial charge on any atom is 0.418 e. The zero-order valence-corrected chi connectivity index (χ0v) is 7.79. The number of benzene rings is 1. The van der Waals surface area contributed by atoms with Crippen LogP contribution in [0.25, 0.3) is 0 Å². The van der Waals surface area contributed by atoms with Crippen LogP contribution < -0.4 is 5.73 Å². The standard InChI is InChI=1S/C8H4ClF4NO/c9-5-2-3(10)1-4(7(14)15)6(5)8(11,12)13/h1-2H,(H2,14,15). The van der Waals surface area contributed by atoms with Crippen molar-refractivity contribution < 1.29 is 22.4 Å². The highest BCUT2D eigenvalue weighted by atomic mass is 35.5. The van der Waals surface area contributed by atoms with Gasteiger partial charge in [0.1, 0.15) is 5.82 Å². The topological polar surface area (TPSA) is 43.1 Å². The summed E-state index contributed by atoms with van der Waals surface area (Å²) in [5.41, 5.74) is 2.29. The predicted octanol–water partition coefficient (Wildman–Crippen LogP) is 2.60. The van der Waals surface area contributed by atoms with Crippen LogP contribution in [-0.2, 0) is 6.18 Å². The molecular weight excluding hydrogens is 238 g/mol. The third-order valence-electron chi connectivity index (χ3n) is 1.60. The van der Waals surface area contributed by atoms with Crippen molar-refractivity contribution in [2.75, 3.05) is 0 Å². The van der Waals surface area contributed by atoms with Crippen LogP contribution in [0.15, 0.2) is 12.1 Å². The third kappa shape index (κ3) is 2.38. The molecule has 0 atom stereocenters. The molecule has 1 rings (SSSR count). The summed E-state index contributed by atoms with van der Waals surface area (Å²) in [4.78, 5) is 10.7. The van der Waals surface area contributed by atoms with Crippen molar-refractivity contribution >= 4 is 17.5 Å². The predicted molar refractivity (Wildman–Crippen MR) is 44.9 cm³/mol. The fraction of sp³-hybridized carbons (Fsp3) is 0.125. The first kappa shape index (κ1) is 11.8. The highest BCUT2D eigenvalue weighted by Gasteiger charge is 2.37. The minimum absolute atomic E-state index is 0.400. The molecule has 1 aromatic rings. The number of halogens is 5. The van der Waals surface area contributed by atoms with Crippen LogP contribution in [0.3, 0.4) is 0 Å². The summed E-state index contributed by atoms with van der Waals surface area (Å²) in [5, 5.41) is -0.892. The molecule has 2 nitrogen and oxygen atoms in total. The van der Waals surface area contributed by atoms with E-state index in [1.165, 1.54) is 0 Å². The maximum absolute atomic E-state index is 12.7. The van der Waals surface area contributed by atoms with E-state index in [1.807, 2.05) is 0 Å². The Morgan fingerprint density at radius 3 is 2.27 bits per heavy atom. The molecule has 0 aliphatic heterocycles. The molecule has 0 saturated heterocycles. The van der Waals surface area contributed by atoms with Crippen molar-refractivity contribution in [3.63, 3.8) is 0 Å². The van der Waals surface area contributed by atoms with Gasteiger partial charge in [-0.3, -0.25) is 4.79 Å². The van der Waals surface area contributed by atoms with Gasteiger partial charge in [-0.15, -0.1) is 0 Å². The molecule has 15 heavy (non-hydrogen) atoms. The Morgan fingerprint density at radius 1 is 1.33 bits per heavy atom. The van der Waals surface area contributed by atoms with Crippen LogP contribution in [0.1, 0.15) is 15.9 Å². The molecule has 0 heterocycles. The second kappa shape index (κ2) is 3.69. The second-order valence-corrected chi connectivity index (χ2v) is 3.08. The molecule has 0 saturated carbocycles.